The first-order valence-corrected chi connectivity index (χ1v) is 9.80. The number of amides is 1. The van der Waals surface area contributed by atoms with E-state index < -0.39 is 0 Å². The van der Waals surface area contributed by atoms with Crippen molar-refractivity contribution in [2.45, 2.75) is 37.5 Å². The van der Waals surface area contributed by atoms with E-state index >= 15 is 0 Å². The van der Waals surface area contributed by atoms with Crippen molar-refractivity contribution >= 4 is 5.91 Å². The summed E-state index contributed by atoms with van der Waals surface area (Å²) in [5, 5.41) is 0. The van der Waals surface area contributed by atoms with Crippen LogP contribution in [0.15, 0.2) is 24.3 Å². The first-order valence-electron chi connectivity index (χ1n) is 9.80. The Kier molecular flexibility index (Phi) is 4.83. The minimum absolute atomic E-state index is 0.196. The van der Waals surface area contributed by atoms with E-state index in [0.29, 0.717) is 11.3 Å². The Morgan fingerprint density at radius 3 is 2.80 bits per heavy atom. The number of methoxy groups -OCH3 is 1. The second-order valence-corrected chi connectivity index (χ2v) is 8.04. The van der Waals surface area contributed by atoms with Crippen molar-refractivity contribution in [2.24, 2.45) is 5.92 Å². The van der Waals surface area contributed by atoms with E-state index in [9.17, 15) is 4.79 Å². The molecule has 4 heteroatoms. The molecule has 0 bridgehead atoms. The molecule has 0 N–H and O–H groups in total. The molecule has 0 saturated carbocycles. The number of rotatable bonds is 4. The van der Waals surface area contributed by atoms with Crippen LogP contribution in [0.3, 0.4) is 0 Å². The molecule has 1 aliphatic carbocycles. The van der Waals surface area contributed by atoms with Gasteiger partial charge in [-0.15, -0.1) is 0 Å². The highest BCUT2D eigenvalue weighted by atomic mass is 16.5. The summed E-state index contributed by atoms with van der Waals surface area (Å²) in [4.78, 5) is 17.5. The molecule has 2 heterocycles. The van der Waals surface area contributed by atoms with Gasteiger partial charge in [0.25, 0.3) is 0 Å². The van der Waals surface area contributed by atoms with Gasteiger partial charge >= 0.3 is 0 Å². The van der Waals surface area contributed by atoms with E-state index in [2.05, 4.69) is 34.1 Å². The minimum Gasteiger partial charge on any atom is -0.383 e. The smallest absolute Gasteiger partial charge is 0.227 e. The number of benzene rings is 1. The zero-order chi connectivity index (χ0) is 17.3. The van der Waals surface area contributed by atoms with Crippen molar-refractivity contribution in [1.82, 2.24) is 9.80 Å². The lowest BCUT2D eigenvalue weighted by Gasteiger charge is -2.41. The number of fused-ring (bicyclic) bond motifs is 2. The number of likely N-dealkylation sites (tertiary alicyclic amines) is 2. The maximum atomic E-state index is 12.9. The number of ether oxygens (including phenoxy) is 1. The number of carbonyl (C=O) groups excluding carboxylic acids is 1. The predicted molar refractivity (Wildman–Crippen MR) is 98.7 cm³/mol. The minimum atomic E-state index is 0.196. The van der Waals surface area contributed by atoms with E-state index in [0.717, 1.165) is 58.6 Å². The summed E-state index contributed by atoms with van der Waals surface area (Å²) in [6, 6.07) is 8.95. The Morgan fingerprint density at radius 1 is 1.20 bits per heavy atom. The Morgan fingerprint density at radius 2 is 2.00 bits per heavy atom. The third-order valence-corrected chi connectivity index (χ3v) is 6.73. The maximum absolute atomic E-state index is 12.9. The van der Waals surface area contributed by atoms with Crippen LogP contribution < -0.4 is 0 Å². The van der Waals surface area contributed by atoms with Crippen LogP contribution in [0.2, 0.25) is 0 Å². The molecule has 4 nitrogen and oxygen atoms in total. The molecule has 4 rings (SSSR count). The summed E-state index contributed by atoms with van der Waals surface area (Å²) in [5.74, 6) is 0.586. The highest BCUT2D eigenvalue weighted by molar-refractivity contribution is 5.79. The normalized spacial score (nSPS) is 25.5. The van der Waals surface area contributed by atoms with E-state index in [4.69, 9.17) is 4.74 Å². The average molecular weight is 342 g/mol. The fraction of sp³-hybridized carbons (Fsp3) is 0.667. The fourth-order valence-corrected chi connectivity index (χ4v) is 5.15. The van der Waals surface area contributed by atoms with E-state index in [1.807, 2.05) is 0 Å². The molecular weight excluding hydrogens is 312 g/mol. The molecule has 25 heavy (non-hydrogen) atoms. The number of hydrogen-bond acceptors (Lipinski definition) is 3. The molecule has 1 aromatic carbocycles. The second kappa shape index (κ2) is 7.08. The molecule has 136 valence electrons. The van der Waals surface area contributed by atoms with Crippen molar-refractivity contribution in [3.63, 3.8) is 0 Å². The third-order valence-electron chi connectivity index (χ3n) is 6.73. The van der Waals surface area contributed by atoms with Crippen LogP contribution in [-0.2, 0) is 21.4 Å². The van der Waals surface area contributed by atoms with Gasteiger partial charge in [0.2, 0.25) is 5.91 Å². The third kappa shape index (κ3) is 3.22. The molecular formula is C21H30N2O2. The van der Waals surface area contributed by atoms with E-state index in [1.165, 1.54) is 18.4 Å². The zero-order valence-corrected chi connectivity index (χ0v) is 15.4. The van der Waals surface area contributed by atoms with Crippen LogP contribution in [0.1, 0.15) is 36.8 Å². The van der Waals surface area contributed by atoms with Gasteiger partial charge in [-0.25, -0.2) is 0 Å². The SMILES string of the molecule is COCCN1CC[C@@H](C(=O)N2CCC3(CCc4ccccc43)CC2)C1. The second-order valence-electron chi connectivity index (χ2n) is 8.04. The number of carbonyl (C=O) groups is 1. The van der Waals surface area contributed by atoms with Crippen molar-refractivity contribution in [3.8, 4) is 0 Å². The predicted octanol–water partition coefficient (Wildman–Crippen LogP) is 2.46. The average Bonchev–Trinajstić information content (AvgIpc) is 3.26. The number of hydrogen-bond donors (Lipinski definition) is 0. The molecule has 2 aliphatic heterocycles. The van der Waals surface area contributed by atoms with Crippen LogP contribution in [0, 0.1) is 5.92 Å². The summed E-state index contributed by atoms with van der Waals surface area (Å²) < 4.78 is 5.16. The highest BCUT2D eigenvalue weighted by Crippen LogP contribution is 2.46. The van der Waals surface area contributed by atoms with Crippen LogP contribution >= 0.6 is 0 Å². The van der Waals surface area contributed by atoms with Gasteiger partial charge in [0.15, 0.2) is 0 Å². The van der Waals surface area contributed by atoms with Crippen molar-refractivity contribution in [2.75, 3.05) is 46.4 Å². The number of nitrogens with zero attached hydrogens (tertiary/aromatic N) is 2. The molecule has 1 spiro atoms. The van der Waals surface area contributed by atoms with Crippen LogP contribution in [0.4, 0.5) is 0 Å². The summed E-state index contributed by atoms with van der Waals surface area (Å²) in [7, 11) is 1.74. The monoisotopic (exact) mass is 342 g/mol. The molecule has 0 unspecified atom stereocenters. The maximum Gasteiger partial charge on any atom is 0.227 e. The molecule has 0 radical (unpaired) electrons. The quantitative estimate of drug-likeness (QED) is 0.843. The van der Waals surface area contributed by atoms with Crippen LogP contribution in [0.5, 0.6) is 0 Å². The number of aryl methyl sites for hydroxylation is 1. The Balaban J connectivity index is 1.34. The van der Waals surface area contributed by atoms with Crippen molar-refractivity contribution < 1.29 is 9.53 Å². The molecule has 1 atom stereocenters. The van der Waals surface area contributed by atoms with Gasteiger partial charge in [-0.2, -0.15) is 0 Å². The summed E-state index contributed by atoms with van der Waals surface area (Å²) in [6.07, 6.45) is 5.75. The van der Waals surface area contributed by atoms with Gasteiger partial charge in [0.05, 0.1) is 12.5 Å². The lowest BCUT2D eigenvalue weighted by atomic mass is 9.73. The molecule has 1 aromatic rings. The molecule has 1 amide bonds. The van der Waals surface area contributed by atoms with Gasteiger partial charge < -0.3 is 14.5 Å². The van der Waals surface area contributed by atoms with E-state index in [1.54, 1.807) is 12.7 Å². The largest absolute Gasteiger partial charge is 0.383 e. The Hall–Kier alpha value is -1.39. The Bertz CT molecular complexity index is 622. The molecule has 2 fully saturated rings. The molecule has 0 aromatic heterocycles. The van der Waals surface area contributed by atoms with E-state index in [-0.39, 0.29) is 5.92 Å². The highest BCUT2D eigenvalue weighted by Gasteiger charge is 2.42. The molecule has 2 saturated heterocycles. The van der Waals surface area contributed by atoms with Gasteiger partial charge in [0, 0.05) is 33.3 Å². The van der Waals surface area contributed by atoms with Gasteiger partial charge in [0.1, 0.15) is 0 Å². The summed E-state index contributed by atoms with van der Waals surface area (Å²) >= 11 is 0. The Labute approximate surface area is 151 Å². The number of piperidine rings is 1. The van der Waals surface area contributed by atoms with Crippen LogP contribution in [0.25, 0.3) is 0 Å². The first-order chi connectivity index (χ1) is 12.2. The standard InChI is InChI=1S/C21H30N2O2/c1-25-15-14-22-11-7-18(16-22)20(24)23-12-9-21(10-13-23)8-6-17-4-2-3-5-19(17)21/h2-5,18H,6-16H2,1H3/t18-/m1/s1. The topological polar surface area (TPSA) is 32.8 Å². The zero-order valence-electron chi connectivity index (χ0n) is 15.4. The van der Waals surface area contributed by atoms with Gasteiger partial charge in [-0.1, -0.05) is 24.3 Å². The fourth-order valence-electron chi connectivity index (χ4n) is 5.15. The lowest BCUT2D eigenvalue weighted by Crippen LogP contribution is -2.46. The van der Waals surface area contributed by atoms with Crippen molar-refractivity contribution in [3.05, 3.63) is 35.4 Å². The van der Waals surface area contributed by atoms with Gasteiger partial charge in [-0.05, 0) is 55.2 Å². The molecule has 3 aliphatic rings. The summed E-state index contributed by atoms with van der Waals surface area (Å²) in [6.45, 7) is 5.51. The van der Waals surface area contributed by atoms with Crippen molar-refractivity contribution in [1.29, 1.82) is 0 Å². The van der Waals surface area contributed by atoms with Crippen LogP contribution in [-0.4, -0.2) is 62.1 Å². The lowest BCUT2D eigenvalue weighted by molar-refractivity contribution is -0.136. The van der Waals surface area contributed by atoms with Gasteiger partial charge in [-0.3, -0.25) is 4.79 Å². The first kappa shape index (κ1) is 17.0. The summed E-state index contributed by atoms with van der Waals surface area (Å²) in [5.41, 5.74) is 3.44.